The minimum atomic E-state index is -1.10. The summed E-state index contributed by atoms with van der Waals surface area (Å²) in [5.41, 5.74) is -7.28. The Morgan fingerprint density at radius 2 is 1.04 bits per heavy atom. The quantitative estimate of drug-likeness (QED) is 0.167. The first kappa shape index (κ1) is 11.6. The van der Waals surface area contributed by atoms with Crippen LogP contribution in [0.15, 0.2) is 186 Å². The van der Waals surface area contributed by atoms with Crippen molar-refractivity contribution in [3.8, 4) is 33.4 Å². The number of benzene rings is 9. The second kappa shape index (κ2) is 11.6. The summed E-state index contributed by atoms with van der Waals surface area (Å²) in [6, 6.07) is -28.4. The standard InChI is InChI=1S/C49H32O/c1-3-14-32(15-4-1)30-35-26-27-36(31-44(35)33-16-5-2-6-17-33)46-38-20-9-11-22-40(38)47(41-23-12-10-21-39(41)46)42-24-13-25-45-48(42)43-29-28-34-18-7-8-19-37(34)49(43)50-45/h1-29,31H,30H2/i1D,2D,3D,4D,5D,6D,7D,8D,9D,10D,11D,12D,13D,14D,15D,16D,17D,18D,19D,20D,21D,22D,23D,24D,25D,26D,27D,28D,29D,31D. The molecule has 0 aliphatic carbocycles. The number of hydrogen-bond acceptors (Lipinski definition) is 1. The molecule has 1 heteroatoms. The van der Waals surface area contributed by atoms with E-state index in [9.17, 15) is 12.3 Å². The zero-order valence-corrected chi connectivity index (χ0v) is 25.1. The van der Waals surface area contributed by atoms with Gasteiger partial charge in [0.25, 0.3) is 0 Å². The third-order valence-electron chi connectivity index (χ3n) is 8.17. The van der Waals surface area contributed by atoms with E-state index < -0.39 is 286 Å². The average Bonchev–Trinajstić information content (AvgIpc) is 3.85. The maximum atomic E-state index is 10.1. The Hall–Kier alpha value is -6.44. The van der Waals surface area contributed by atoms with Gasteiger partial charge in [-0.1, -0.05) is 163 Å². The van der Waals surface area contributed by atoms with Crippen molar-refractivity contribution in [2.24, 2.45) is 0 Å². The van der Waals surface area contributed by atoms with E-state index in [4.69, 9.17) is 33.2 Å². The molecule has 0 N–H and O–H groups in total. The summed E-state index contributed by atoms with van der Waals surface area (Å²) >= 11 is 0. The fourth-order valence-corrected chi connectivity index (χ4v) is 6.10. The zero-order chi connectivity index (χ0) is 59.1. The van der Waals surface area contributed by atoms with E-state index in [0.717, 1.165) is 0 Å². The molecule has 0 radical (unpaired) electrons. The van der Waals surface area contributed by atoms with Gasteiger partial charge in [0.2, 0.25) is 0 Å². The normalized spacial score (nSPS) is 20.1. The molecule has 0 fully saturated rings. The molecule has 234 valence electrons. The Morgan fingerprint density at radius 3 is 1.76 bits per heavy atom. The van der Waals surface area contributed by atoms with E-state index in [-0.39, 0.29) is 0 Å². The Balaban J connectivity index is 1.52. The molecule has 0 amide bonds. The van der Waals surface area contributed by atoms with Gasteiger partial charge in [0.05, 0.1) is 41.1 Å². The third kappa shape index (κ3) is 4.55. The van der Waals surface area contributed by atoms with Crippen molar-refractivity contribution in [2.45, 2.75) is 6.42 Å². The van der Waals surface area contributed by atoms with Gasteiger partial charge in [-0.2, -0.15) is 0 Å². The Labute approximate surface area is 332 Å². The SMILES string of the molecule is [2H]c1c([2H])c([2H])c(Cc2c([2H])c([2H])c(-c3c4c([2H])c([2H])c([2H])c([2H])c4c(-c4c([2H])c([2H])c([2H])c5oc6c7c([2H])c([2H])c([2H])c([2H])c7c([2H])c([2H])c6c45)c4c([2H])c([2H])c([2H])c([2H])c34)c([2H])c2-c2c([2H])c([2H])c([2H])c([2H])c2[2H])c([2H])c1[2H]. The Bertz CT molecular complexity index is 4480. The van der Waals surface area contributed by atoms with Crippen LogP contribution >= 0.6 is 0 Å². The van der Waals surface area contributed by atoms with Crippen LogP contribution < -0.4 is 0 Å². The lowest BCUT2D eigenvalue weighted by atomic mass is 9.83. The van der Waals surface area contributed by atoms with Crippen molar-refractivity contribution >= 4 is 54.3 Å². The van der Waals surface area contributed by atoms with Crippen LogP contribution in [0, 0.1) is 0 Å². The van der Waals surface area contributed by atoms with Crippen LogP contribution in [-0.4, -0.2) is 0 Å². The summed E-state index contributed by atoms with van der Waals surface area (Å²) in [6.07, 6.45) is -0.947. The van der Waals surface area contributed by atoms with Crippen LogP contribution in [0.5, 0.6) is 0 Å². The van der Waals surface area contributed by atoms with Crippen molar-refractivity contribution < 1.29 is 45.5 Å². The van der Waals surface area contributed by atoms with Gasteiger partial charge in [0.15, 0.2) is 0 Å². The summed E-state index contributed by atoms with van der Waals surface area (Å²) in [5, 5.41) is -5.30. The van der Waals surface area contributed by atoms with E-state index in [1.165, 1.54) is 0 Å². The lowest BCUT2D eigenvalue weighted by Crippen LogP contribution is -1.95. The molecule has 0 saturated carbocycles. The van der Waals surface area contributed by atoms with Crippen LogP contribution in [0.25, 0.3) is 87.6 Å². The molecular weight excluding hydrogens is 605 g/mol. The minimum absolute atomic E-state index is 0.484. The number of furan rings is 1. The van der Waals surface area contributed by atoms with Gasteiger partial charge in [-0.15, -0.1) is 0 Å². The van der Waals surface area contributed by atoms with Gasteiger partial charge in [-0.05, 0) is 96.0 Å². The predicted molar refractivity (Wildman–Crippen MR) is 212 cm³/mol. The molecule has 0 aliphatic rings. The molecule has 0 atom stereocenters. The van der Waals surface area contributed by atoms with Crippen molar-refractivity contribution in [3.63, 3.8) is 0 Å². The summed E-state index contributed by atoms with van der Waals surface area (Å²) in [5.74, 6) is 0. The molecule has 0 spiro atoms. The largest absolute Gasteiger partial charge is 0.455 e. The van der Waals surface area contributed by atoms with E-state index >= 15 is 0 Å². The van der Waals surface area contributed by atoms with Crippen LogP contribution in [0.3, 0.4) is 0 Å². The highest BCUT2D eigenvalue weighted by Gasteiger charge is 2.21. The van der Waals surface area contributed by atoms with Crippen LogP contribution in [-0.2, 0) is 6.42 Å². The summed E-state index contributed by atoms with van der Waals surface area (Å²) in [6.45, 7) is 0. The molecule has 1 nitrogen and oxygen atoms in total. The maximum Gasteiger partial charge on any atom is 0.143 e. The molecule has 9 aromatic carbocycles. The molecular formula is C49H32O. The molecule has 50 heavy (non-hydrogen) atoms. The molecule has 1 heterocycles. The first-order chi connectivity index (χ1) is 37.3. The fraction of sp³-hybridized carbons (Fsp3) is 0.0204. The zero-order valence-electron chi connectivity index (χ0n) is 55.1. The summed E-state index contributed by atoms with van der Waals surface area (Å²) in [4.78, 5) is 0. The lowest BCUT2D eigenvalue weighted by Gasteiger charge is -2.19. The molecule has 0 saturated heterocycles. The van der Waals surface area contributed by atoms with E-state index in [0.29, 0.717) is 0 Å². The molecule has 10 rings (SSSR count). The smallest absolute Gasteiger partial charge is 0.143 e. The van der Waals surface area contributed by atoms with Gasteiger partial charge in [0.1, 0.15) is 11.2 Å². The second-order valence-electron chi connectivity index (χ2n) is 10.9. The van der Waals surface area contributed by atoms with Gasteiger partial charge in [-0.3, -0.25) is 0 Å². The van der Waals surface area contributed by atoms with Crippen molar-refractivity contribution in [1.82, 2.24) is 0 Å². The highest BCUT2D eigenvalue weighted by Crippen LogP contribution is 2.48. The van der Waals surface area contributed by atoms with Gasteiger partial charge >= 0.3 is 0 Å². The molecule has 0 unspecified atom stereocenters. The van der Waals surface area contributed by atoms with Crippen molar-refractivity contribution in [2.75, 3.05) is 0 Å². The second-order valence-corrected chi connectivity index (χ2v) is 10.9. The fourth-order valence-electron chi connectivity index (χ4n) is 6.10. The van der Waals surface area contributed by atoms with Crippen LogP contribution in [0.2, 0.25) is 0 Å². The number of fused-ring (bicyclic) bond motifs is 7. The third-order valence-corrected chi connectivity index (χ3v) is 8.17. The van der Waals surface area contributed by atoms with Crippen LogP contribution in [0.4, 0.5) is 0 Å². The van der Waals surface area contributed by atoms with Crippen LogP contribution in [0.1, 0.15) is 52.2 Å². The highest BCUT2D eigenvalue weighted by molar-refractivity contribution is 6.27. The Morgan fingerprint density at radius 1 is 0.420 bits per heavy atom. The number of rotatable bonds is 5. The van der Waals surface area contributed by atoms with E-state index in [1.54, 1.807) is 0 Å². The molecule has 10 aromatic rings. The Kier molecular flexibility index (Phi) is 2.69. The highest BCUT2D eigenvalue weighted by atomic mass is 16.3. The van der Waals surface area contributed by atoms with Crippen molar-refractivity contribution in [3.05, 3.63) is 192 Å². The summed E-state index contributed by atoms with van der Waals surface area (Å²) < 4.78 is 277. The van der Waals surface area contributed by atoms with Gasteiger partial charge in [0, 0.05) is 16.2 Å². The average molecular weight is 667 g/mol. The topological polar surface area (TPSA) is 13.1 Å². The first-order valence-corrected chi connectivity index (χ1v) is 14.9. The summed E-state index contributed by atoms with van der Waals surface area (Å²) in [7, 11) is 0. The van der Waals surface area contributed by atoms with E-state index in [2.05, 4.69) is 0 Å². The van der Waals surface area contributed by atoms with Crippen molar-refractivity contribution in [1.29, 1.82) is 0 Å². The number of hydrogen-bond donors (Lipinski definition) is 0. The van der Waals surface area contributed by atoms with Gasteiger partial charge in [-0.25, -0.2) is 0 Å². The maximum absolute atomic E-state index is 10.1. The van der Waals surface area contributed by atoms with E-state index in [1.807, 2.05) is 0 Å². The monoisotopic (exact) mass is 666 g/mol. The minimum Gasteiger partial charge on any atom is -0.455 e. The van der Waals surface area contributed by atoms with Gasteiger partial charge < -0.3 is 4.42 Å². The molecule has 0 aliphatic heterocycles. The predicted octanol–water partition coefficient (Wildman–Crippen LogP) is 13.6. The molecule has 1 aromatic heterocycles. The lowest BCUT2D eigenvalue weighted by molar-refractivity contribution is 0.673. The first-order valence-electron chi connectivity index (χ1n) is 29.9. The molecule has 0 bridgehead atoms.